The lowest BCUT2D eigenvalue weighted by atomic mass is 10.2. The van der Waals surface area contributed by atoms with Gasteiger partial charge < -0.3 is 15.6 Å². The second kappa shape index (κ2) is 9.39. The summed E-state index contributed by atoms with van der Waals surface area (Å²) in [4.78, 5) is 0. The molecule has 3 nitrogen and oxygen atoms in total. The van der Waals surface area contributed by atoms with Crippen LogP contribution >= 0.6 is 11.8 Å². The smallest absolute Gasteiger partial charge is 0.0863 e. The molecule has 102 valence electrons. The van der Waals surface area contributed by atoms with Crippen LogP contribution in [0.5, 0.6) is 0 Å². The van der Waals surface area contributed by atoms with Gasteiger partial charge in [-0.1, -0.05) is 37.3 Å². The van der Waals surface area contributed by atoms with E-state index in [1.54, 1.807) is 11.8 Å². The largest absolute Gasteiger partial charge is 0.390 e. The van der Waals surface area contributed by atoms with E-state index in [0.717, 1.165) is 11.3 Å². The molecule has 1 rings (SSSR count). The van der Waals surface area contributed by atoms with Crippen LogP contribution < -0.4 is 5.73 Å². The SMILES string of the molecule is CC(CN)CSCC(O)COCc1ccccc1. The molecule has 2 unspecified atom stereocenters. The minimum absolute atomic E-state index is 0.388. The van der Waals surface area contributed by atoms with Gasteiger partial charge in [0.1, 0.15) is 0 Å². The van der Waals surface area contributed by atoms with Gasteiger partial charge in [-0.05, 0) is 23.8 Å². The zero-order chi connectivity index (χ0) is 13.2. The Kier molecular flexibility index (Phi) is 8.09. The van der Waals surface area contributed by atoms with Crippen molar-refractivity contribution in [2.45, 2.75) is 19.6 Å². The summed E-state index contributed by atoms with van der Waals surface area (Å²) in [6, 6.07) is 9.99. The maximum absolute atomic E-state index is 9.74. The first-order chi connectivity index (χ1) is 8.72. The lowest BCUT2D eigenvalue weighted by molar-refractivity contribution is 0.0398. The van der Waals surface area contributed by atoms with Crippen molar-refractivity contribution in [2.75, 3.05) is 24.7 Å². The van der Waals surface area contributed by atoms with E-state index < -0.39 is 6.10 Å². The van der Waals surface area contributed by atoms with Crippen LogP contribution in [-0.2, 0) is 11.3 Å². The minimum atomic E-state index is -0.399. The molecule has 1 aromatic rings. The van der Waals surface area contributed by atoms with E-state index >= 15 is 0 Å². The van der Waals surface area contributed by atoms with Crippen molar-refractivity contribution in [3.63, 3.8) is 0 Å². The van der Waals surface area contributed by atoms with Gasteiger partial charge in [0.15, 0.2) is 0 Å². The molecule has 0 radical (unpaired) electrons. The van der Waals surface area contributed by atoms with E-state index in [9.17, 15) is 5.11 Å². The number of aliphatic hydroxyl groups is 1. The van der Waals surface area contributed by atoms with Crippen molar-refractivity contribution in [3.05, 3.63) is 35.9 Å². The van der Waals surface area contributed by atoms with Crippen LogP contribution in [0.1, 0.15) is 12.5 Å². The summed E-state index contributed by atoms with van der Waals surface area (Å²) in [5, 5.41) is 9.74. The number of thioether (sulfide) groups is 1. The molecule has 0 aliphatic carbocycles. The van der Waals surface area contributed by atoms with Crippen LogP contribution in [0, 0.1) is 5.92 Å². The van der Waals surface area contributed by atoms with Crippen LogP contribution in [0.25, 0.3) is 0 Å². The van der Waals surface area contributed by atoms with Crippen LogP contribution in [0.15, 0.2) is 30.3 Å². The summed E-state index contributed by atoms with van der Waals surface area (Å²) in [7, 11) is 0. The molecule has 0 saturated heterocycles. The number of rotatable bonds is 9. The van der Waals surface area contributed by atoms with Crippen LogP contribution in [0.2, 0.25) is 0 Å². The topological polar surface area (TPSA) is 55.5 Å². The zero-order valence-corrected chi connectivity index (χ0v) is 11.7. The Balaban J connectivity index is 2.05. The van der Waals surface area contributed by atoms with Crippen LogP contribution in [0.3, 0.4) is 0 Å². The molecule has 3 N–H and O–H groups in total. The second-order valence-electron chi connectivity index (χ2n) is 4.53. The Bertz CT molecular complexity index is 308. The summed E-state index contributed by atoms with van der Waals surface area (Å²) in [5.41, 5.74) is 6.67. The third kappa shape index (κ3) is 7.01. The summed E-state index contributed by atoms with van der Waals surface area (Å²) < 4.78 is 5.48. The number of ether oxygens (including phenoxy) is 1. The van der Waals surface area contributed by atoms with Crippen molar-refractivity contribution in [2.24, 2.45) is 11.7 Å². The molecule has 0 bridgehead atoms. The highest BCUT2D eigenvalue weighted by Crippen LogP contribution is 2.09. The fourth-order valence-electron chi connectivity index (χ4n) is 1.41. The van der Waals surface area contributed by atoms with Crippen molar-refractivity contribution >= 4 is 11.8 Å². The number of hydrogen-bond donors (Lipinski definition) is 2. The Morgan fingerprint density at radius 2 is 2.00 bits per heavy atom. The van der Waals surface area contributed by atoms with Crippen molar-refractivity contribution in [1.29, 1.82) is 0 Å². The van der Waals surface area contributed by atoms with Gasteiger partial charge in [-0.2, -0.15) is 11.8 Å². The molecule has 0 aromatic heterocycles. The quantitative estimate of drug-likeness (QED) is 0.719. The maximum Gasteiger partial charge on any atom is 0.0863 e. The molecule has 0 saturated carbocycles. The summed E-state index contributed by atoms with van der Waals surface area (Å²) in [6.45, 7) is 3.76. The lowest BCUT2D eigenvalue weighted by Gasteiger charge is -2.12. The average Bonchev–Trinajstić information content (AvgIpc) is 2.39. The van der Waals surface area contributed by atoms with Gasteiger partial charge in [-0.25, -0.2) is 0 Å². The number of nitrogens with two attached hydrogens (primary N) is 1. The monoisotopic (exact) mass is 269 g/mol. The number of hydrogen-bond acceptors (Lipinski definition) is 4. The Labute approximate surface area is 114 Å². The van der Waals surface area contributed by atoms with Crippen molar-refractivity contribution in [1.82, 2.24) is 0 Å². The predicted octanol–water partition coefficient (Wildman–Crippen LogP) is 1.89. The molecule has 0 heterocycles. The summed E-state index contributed by atoms with van der Waals surface area (Å²) in [5.74, 6) is 2.21. The normalized spacial score (nSPS) is 14.4. The first-order valence-corrected chi connectivity index (χ1v) is 7.45. The molecule has 0 aliphatic heterocycles. The fourth-order valence-corrected chi connectivity index (χ4v) is 2.45. The van der Waals surface area contributed by atoms with Gasteiger partial charge in [0, 0.05) is 5.75 Å². The predicted molar refractivity (Wildman–Crippen MR) is 77.6 cm³/mol. The third-order valence-corrected chi connectivity index (χ3v) is 3.96. The van der Waals surface area contributed by atoms with E-state index in [1.165, 1.54) is 0 Å². The molecular formula is C14H23NO2S. The van der Waals surface area contributed by atoms with Gasteiger partial charge in [-0.15, -0.1) is 0 Å². The zero-order valence-electron chi connectivity index (χ0n) is 10.9. The molecule has 0 amide bonds. The van der Waals surface area contributed by atoms with Gasteiger partial charge in [-0.3, -0.25) is 0 Å². The fraction of sp³-hybridized carbons (Fsp3) is 0.571. The van der Waals surface area contributed by atoms with Gasteiger partial charge in [0.05, 0.1) is 19.3 Å². The number of benzene rings is 1. The maximum atomic E-state index is 9.74. The Morgan fingerprint density at radius 3 is 2.67 bits per heavy atom. The van der Waals surface area contributed by atoms with Crippen LogP contribution in [-0.4, -0.2) is 35.9 Å². The first-order valence-electron chi connectivity index (χ1n) is 6.30. The molecule has 0 fully saturated rings. The molecule has 0 aliphatic rings. The van der Waals surface area contributed by atoms with Gasteiger partial charge in [0.25, 0.3) is 0 Å². The highest BCUT2D eigenvalue weighted by atomic mass is 32.2. The first kappa shape index (κ1) is 15.5. The molecule has 0 spiro atoms. The van der Waals surface area contributed by atoms with Crippen molar-refractivity contribution < 1.29 is 9.84 Å². The lowest BCUT2D eigenvalue weighted by Crippen LogP contribution is -2.20. The van der Waals surface area contributed by atoms with Gasteiger partial charge >= 0.3 is 0 Å². The van der Waals surface area contributed by atoms with E-state index in [1.807, 2.05) is 30.3 Å². The van der Waals surface area contributed by atoms with Gasteiger partial charge in [0.2, 0.25) is 0 Å². The Hall–Kier alpha value is -0.550. The molecule has 1 aromatic carbocycles. The Morgan fingerprint density at radius 1 is 1.28 bits per heavy atom. The molecule has 4 heteroatoms. The van der Waals surface area contributed by atoms with Crippen molar-refractivity contribution in [3.8, 4) is 0 Å². The van der Waals surface area contributed by atoms with E-state index in [-0.39, 0.29) is 0 Å². The molecular weight excluding hydrogens is 246 g/mol. The molecule has 18 heavy (non-hydrogen) atoms. The van der Waals surface area contributed by atoms with E-state index in [4.69, 9.17) is 10.5 Å². The highest BCUT2D eigenvalue weighted by Gasteiger charge is 2.06. The number of aliphatic hydroxyl groups excluding tert-OH is 1. The second-order valence-corrected chi connectivity index (χ2v) is 5.61. The third-order valence-electron chi connectivity index (χ3n) is 2.54. The summed E-state index contributed by atoms with van der Waals surface area (Å²) >= 11 is 1.73. The average molecular weight is 269 g/mol. The van der Waals surface area contributed by atoms with Crippen LogP contribution in [0.4, 0.5) is 0 Å². The minimum Gasteiger partial charge on any atom is -0.390 e. The van der Waals surface area contributed by atoms with E-state index in [2.05, 4.69) is 6.92 Å². The summed E-state index contributed by atoms with van der Waals surface area (Å²) in [6.07, 6.45) is -0.399. The van der Waals surface area contributed by atoms with E-state index in [0.29, 0.717) is 31.4 Å². The highest BCUT2D eigenvalue weighted by molar-refractivity contribution is 7.99. The standard InChI is InChI=1S/C14H23NO2S/c1-12(7-15)10-18-11-14(16)9-17-8-13-5-3-2-4-6-13/h2-6,12,14,16H,7-11,15H2,1H3. The molecule has 2 atom stereocenters.